The summed E-state index contributed by atoms with van der Waals surface area (Å²) in [5, 5.41) is 0. The standard InChI is InChI=1S/C20H25N/c21-15-18-6-4-5-17(14-18)13-16-9-11-20(12-10-16)19-7-2-1-3-8-19/h4-6,9-12,14,19H,1-3,7-8,13,15,21H2. The lowest BCUT2D eigenvalue weighted by Gasteiger charge is -2.22. The third-order valence-corrected chi connectivity index (χ3v) is 4.69. The van der Waals surface area contributed by atoms with Gasteiger partial charge in [0, 0.05) is 6.54 Å². The Bertz CT molecular complexity index is 565. The van der Waals surface area contributed by atoms with Crippen LogP contribution in [0.5, 0.6) is 0 Å². The highest BCUT2D eigenvalue weighted by Crippen LogP contribution is 2.32. The lowest BCUT2D eigenvalue weighted by atomic mass is 9.84. The van der Waals surface area contributed by atoms with E-state index in [1.807, 2.05) is 0 Å². The summed E-state index contributed by atoms with van der Waals surface area (Å²) in [6.07, 6.45) is 7.97. The van der Waals surface area contributed by atoms with Gasteiger partial charge >= 0.3 is 0 Å². The smallest absolute Gasteiger partial charge is 0.0178 e. The van der Waals surface area contributed by atoms with Crippen LogP contribution in [0, 0.1) is 0 Å². The van der Waals surface area contributed by atoms with Gasteiger partial charge in [-0.3, -0.25) is 0 Å². The monoisotopic (exact) mass is 279 g/mol. The maximum absolute atomic E-state index is 5.71. The SMILES string of the molecule is NCc1cccc(Cc2ccc(C3CCCCC3)cc2)c1. The quantitative estimate of drug-likeness (QED) is 0.856. The van der Waals surface area contributed by atoms with Crippen LogP contribution in [0.15, 0.2) is 48.5 Å². The molecule has 0 heterocycles. The van der Waals surface area contributed by atoms with Crippen LogP contribution in [0.25, 0.3) is 0 Å². The minimum absolute atomic E-state index is 0.620. The molecule has 1 heteroatoms. The summed E-state index contributed by atoms with van der Waals surface area (Å²) in [5.41, 5.74) is 11.2. The van der Waals surface area contributed by atoms with Crippen molar-refractivity contribution in [3.05, 3.63) is 70.8 Å². The van der Waals surface area contributed by atoms with Gasteiger partial charge in [0.25, 0.3) is 0 Å². The molecule has 2 N–H and O–H groups in total. The van der Waals surface area contributed by atoms with E-state index in [9.17, 15) is 0 Å². The number of hydrogen-bond donors (Lipinski definition) is 1. The summed E-state index contributed by atoms with van der Waals surface area (Å²) in [6.45, 7) is 0.620. The maximum atomic E-state index is 5.71. The molecular formula is C20H25N. The van der Waals surface area contributed by atoms with Gasteiger partial charge in [0.1, 0.15) is 0 Å². The van der Waals surface area contributed by atoms with Crippen LogP contribution < -0.4 is 5.73 Å². The molecule has 0 aliphatic heterocycles. The van der Waals surface area contributed by atoms with Crippen molar-refractivity contribution in [1.82, 2.24) is 0 Å². The number of hydrogen-bond acceptors (Lipinski definition) is 1. The molecule has 1 aliphatic carbocycles. The predicted octanol–water partition coefficient (Wildman–Crippen LogP) is 4.78. The van der Waals surface area contributed by atoms with Crippen molar-refractivity contribution >= 4 is 0 Å². The average Bonchev–Trinajstić information content (AvgIpc) is 2.56. The third kappa shape index (κ3) is 3.74. The molecule has 0 aromatic heterocycles. The first-order valence-corrected chi connectivity index (χ1v) is 8.22. The summed E-state index contributed by atoms with van der Waals surface area (Å²) in [4.78, 5) is 0. The van der Waals surface area contributed by atoms with E-state index in [1.165, 1.54) is 54.4 Å². The molecule has 0 radical (unpaired) electrons. The van der Waals surface area contributed by atoms with Crippen molar-refractivity contribution < 1.29 is 0 Å². The molecule has 1 fully saturated rings. The minimum atomic E-state index is 0.620. The molecule has 2 aromatic carbocycles. The van der Waals surface area contributed by atoms with E-state index in [1.54, 1.807) is 0 Å². The summed E-state index contributed by atoms with van der Waals surface area (Å²) in [6, 6.07) is 17.9. The lowest BCUT2D eigenvalue weighted by Crippen LogP contribution is -2.04. The highest BCUT2D eigenvalue weighted by Gasteiger charge is 2.14. The Hall–Kier alpha value is -1.60. The van der Waals surface area contributed by atoms with Crippen molar-refractivity contribution in [3.8, 4) is 0 Å². The van der Waals surface area contributed by atoms with Gasteiger partial charge in [-0.15, -0.1) is 0 Å². The number of nitrogens with two attached hydrogens (primary N) is 1. The minimum Gasteiger partial charge on any atom is -0.326 e. The molecule has 21 heavy (non-hydrogen) atoms. The van der Waals surface area contributed by atoms with Crippen molar-refractivity contribution in [1.29, 1.82) is 0 Å². The second kappa shape index (κ2) is 6.91. The van der Waals surface area contributed by atoms with E-state index in [4.69, 9.17) is 5.73 Å². The van der Waals surface area contributed by atoms with Crippen LogP contribution in [-0.4, -0.2) is 0 Å². The van der Waals surface area contributed by atoms with Gasteiger partial charge in [-0.05, 0) is 47.4 Å². The van der Waals surface area contributed by atoms with Gasteiger partial charge in [0.15, 0.2) is 0 Å². The molecule has 0 bridgehead atoms. The van der Waals surface area contributed by atoms with E-state index in [0.29, 0.717) is 6.54 Å². The molecule has 1 saturated carbocycles. The highest BCUT2D eigenvalue weighted by molar-refractivity contribution is 5.32. The van der Waals surface area contributed by atoms with Crippen molar-refractivity contribution in [2.45, 2.75) is 51.0 Å². The molecule has 3 rings (SSSR count). The molecule has 0 amide bonds. The Morgan fingerprint density at radius 2 is 1.52 bits per heavy atom. The van der Waals surface area contributed by atoms with Crippen LogP contribution >= 0.6 is 0 Å². The third-order valence-electron chi connectivity index (χ3n) is 4.69. The van der Waals surface area contributed by atoms with Crippen LogP contribution in [-0.2, 0) is 13.0 Å². The summed E-state index contributed by atoms with van der Waals surface area (Å²) < 4.78 is 0. The van der Waals surface area contributed by atoms with E-state index < -0.39 is 0 Å². The van der Waals surface area contributed by atoms with Crippen LogP contribution in [0.4, 0.5) is 0 Å². The highest BCUT2D eigenvalue weighted by atomic mass is 14.5. The predicted molar refractivity (Wildman–Crippen MR) is 89.4 cm³/mol. The van der Waals surface area contributed by atoms with Gasteiger partial charge in [-0.1, -0.05) is 67.8 Å². The number of benzene rings is 2. The van der Waals surface area contributed by atoms with Crippen LogP contribution in [0.2, 0.25) is 0 Å². The fourth-order valence-electron chi connectivity index (χ4n) is 3.45. The van der Waals surface area contributed by atoms with Crippen molar-refractivity contribution in [2.75, 3.05) is 0 Å². The first kappa shape index (κ1) is 14.3. The van der Waals surface area contributed by atoms with E-state index in [2.05, 4.69) is 48.5 Å². The topological polar surface area (TPSA) is 26.0 Å². The van der Waals surface area contributed by atoms with Gasteiger partial charge in [0.05, 0.1) is 0 Å². The first-order valence-electron chi connectivity index (χ1n) is 8.22. The number of rotatable bonds is 4. The van der Waals surface area contributed by atoms with Crippen LogP contribution in [0.1, 0.15) is 60.3 Å². The molecule has 0 unspecified atom stereocenters. The largest absolute Gasteiger partial charge is 0.326 e. The van der Waals surface area contributed by atoms with Crippen molar-refractivity contribution in [2.24, 2.45) is 5.73 Å². The zero-order valence-electron chi connectivity index (χ0n) is 12.7. The molecular weight excluding hydrogens is 254 g/mol. The average molecular weight is 279 g/mol. The first-order chi connectivity index (χ1) is 10.3. The normalized spacial score (nSPS) is 16.0. The Morgan fingerprint density at radius 1 is 0.810 bits per heavy atom. The van der Waals surface area contributed by atoms with E-state index in [-0.39, 0.29) is 0 Å². The summed E-state index contributed by atoms with van der Waals surface area (Å²) in [7, 11) is 0. The Kier molecular flexibility index (Phi) is 4.72. The molecule has 2 aromatic rings. The molecule has 1 nitrogen and oxygen atoms in total. The summed E-state index contributed by atoms with van der Waals surface area (Å²) in [5.74, 6) is 0.799. The zero-order chi connectivity index (χ0) is 14.5. The van der Waals surface area contributed by atoms with Gasteiger partial charge in [-0.2, -0.15) is 0 Å². The Morgan fingerprint density at radius 3 is 2.24 bits per heavy atom. The van der Waals surface area contributed by atoms with Crippen LogP contribution in [0.3, 0.4) is 0 Å². The summed E-state index contributed by atoms with van der Waals surface area (Å²) >= 11 is 0. The lowest BCUT2D eigenvalue weighted by molar-refractivity contribution is 0.443. The second-order valence-corrected chi connectivity index (χ2v) is 6.28. The fraction of sp³-hybridized carbons (Fsp3) is 0.400. The Balaban J connectivity index is 1.68. The Labute approximate surface area is 128 Å². The van der Waals surface area contributed by atoms with Gasteiger partial charge in [-0.25, -0.2) is 0 Å². The molecule has 110 valence electrons. The second-order valence-electron chi connectivity index (χ2n) is 6.28. The van der Waals surface area contributed by atoms with E-state index >= 15 is 0 Å². The molecule has 1 aliphatic rings. The fourth-order valence-corrected chi connectivity index (χ4v) is 3.45. The zero-order valence-corrected chi connectivity index (χ0v) is 12.7. The molecule has 0 atom stereocenters. The van der Waals surface area contributed by atoms with Gasteiger partial charge in [0.2, 0.25) is 0 Å². The van der Waals surface area contributed by atoms with Crippen molar-refractivity contribution in [3.63, 3.8) is 0 Å². The molecule has 0 saturated heterocycles. The van der Waals surface area contributed by atoms with E-state index in [0.717, 1.165) is 12.3 Å². The molecule has 0 spiro atoms. The van der Waals surface area contributed by atoms with Gasteiger partial charge < -0.3 is 5.73 Å². The maximum Gasteiger partial charge on any atom is 0.0178 e.